The number of benzene rings is 1. The molecular weight excluding hydrogens is 268 g/mol. The Morgan fingerprint density at radius 3 is 2.63 bits per heavy atom. The molecule has 5 heteroatoms. The highest BCUT2D eigenvalue weighted by Crippen LogP contribution is 2.17. The van der Waals surface area contributed by atoms with Gasteiger partial charge in [0, 0.05) is 30.1 Å². The third-order valence-electron chi connectivity index (χ3n) is 2.80. The SMILES string of the molecule is OCCN(Cc1cccs1)Cc1cccc(F)c1F. The number of rotatable bonds is 6. The van der Waals surface area contributed by atoms with E-state index in [0.29, 0.717) is 18.7 Å². The Balaban J connectivity index is 2.09. The Morgan fingerprint density at radius 1 is 1.11 bits per heavy atom. The van der Waals surface area contributed by atoms with Gasteiger partial charge in [0.1, 0.15) is 0 Å². The Morgan fingerprint density at radius 2 is 1.95 bits per heavy atom. The first-order chi connectivity index (χ1) is 9.20. The van der Waals surface area contributed by atoms with Crippen LogP contribution in [-0.2, 0) is 13.1 Å². The fourth-order valence-electron chi connectivity index (χ4n) is 1.89. The minimum absolute atomic E-state index is 0.0116. The van der Waals surface area contributed by atoms with Gasteiger partial charge < -0.3 is 5.11 Å². The second kappa shape index (κ2) is 6.75. The van der Waals surface area contributed by atoms with Crippen molar-refractivity contribution in [3.8, 4) is 0 Å². The molecule has 0 amide bonds. The van der Waals surface area contributed by atoms with E-state index >= 15 is 0 Å². The van der Waals surface area contributed by atoms with Crippen molar-refractivity contribution in [2.45, 2.75) is 13.1 Å². The van der Waals surface area contributed by atoms with E-state index < -0.39 is 11.6 Å². The number of hydrogen-bond donors (Lipinski definition) is 1. The summed E-state index contributed by atoms with van der Waals surface area (Å²) in [6, 6.07) is 8.10. The molecule has 1 heterocycles. The van der Waals surface area contributed by atoms with Gasteiger partial charge in [0.25, 0.3) is 0 Å². The molecule has 2 rings (SSSR count). The number of aliphatic hydroxyl groups excluding tert-OH is 1. The molecule has 2 aromatic rings. The minimum atomic E-state index is -0.836. The highest BCUT2D eigenvalue weighted by molar-refractivity contribution is 7.09. The lowest BCUT2D eigenvalue weighted by Gasteiger charge is -2.21. The third-order valence-corrected chi connectivity index (χ3v) is 3.66. The molecule has 0 fully saturated rings. The molecule has 0 aliphatic heterocycles. The molecule has 0 bridgehead atoms. The van der Waals surface area contributed by atoms with Gasteiger partial charge >= 0.3 is 0 Å². The van der Waals surface area contributed by atoms with Gasteiger partial charge in [-0.15, -0.1) is 11.3 Å². The molecule has 0 saturated carbocycles. The molecular formula is C14H15F2NOS. The summed E-state index contributed by atoms with van der Waals surface area (Å²) in [5.41, 5.74) is 0.310. The minimum Gasteiger partial charge on any atom is -0.395 e. The molecule has 1 aromatic heterocycles. The van der Waals surface area contributed by atoms with Crippen LogP contribution in [0.2, 0.25) is 0 Å². The Hall–Kier alpha value is -1.30. The van der Waals surface area contributed by atoms with Gasteiger partial charge in [0.15, 0.2) is 11.6 Å². The van der Waals surface area contributed by atoms with Crippen molar-refractivity contribution in [3.63, 3.8) is 0 Å². The van der Waals surface area contributed by atoms with E-state index in [2.05, 4.69) is 0 Å². The molecule has 2 nitrogen and oxygen atoms in total. The Bertz CT molecular complexity index is 516. The highest BCUT2D eigenvalue weighted by Gasteiger charge is 2.12. The summed E-state index contributed by atoms with van der Waals surface area (Å²) in [4.78, 5) is 3.02. The average Bonchev–Trinajstić information content (AvgIpc) is 2.88. The van der Waals surface area contributed by atoms with Crippen LogP contribution in [0.5, 0.6) is 0 Å². The molecule has 0 aliphatic rings. The molecule has 0 saturated heterocycles. The number of thiophene rings is 1. The molecule has 0 unspecified atom stereocenters. The van der Waals surface area contributed by atoms with Gasteiger partial charge in [-0.2, -0.15) is 0 Å². The summed E-state index contributed by atoms with van der Waals surface area (Å²) in [5.74, 6) is -1.64. The lowest BCUT2D eigenvalue weighted by Crippen LogP contribution is -2.26. The molecule has 1 N–H and O–H groups in total. The van der Waals surface area contributed by atoms with Gasteiger partial charge in [-0.05, 0) is 17.5 Å². The fourth-order valence-corrected chi connectivity index (χ4v) is 2.64. The monoisotopic (exact) mass is 283 g/mol. The Labute approximate surface area is 114 Å². The van der Waals surface area contributed by atoms with Crippen LogP contribution in [-0.4, -0.2) is 23.2 Å². The van der Waals surface area contributed by atoms with E-state index in [1.807, 2.05) is 22.4 Å². The zero-order valence-corrected chi connectivity index (χ0v) is 11.2. The van der Waals surface area contributed by atoms with E-state index in [1.54, 1.807) is 17.4 Å². The van der Waals surface area contributed by atoms with Crippen molar-refractivity contribution in [1.29, 1.82) is 0 Å². The second-order valence-corrected chi connectivity index (χ2v) is 5.26. The van der Waals surface area contributed by atoms with Gasteiger partial charge in [0.2, 0.25) is 0 Å². The van der Waals surface area contributed by atoms with Crippen LogP contribution in [0.1, 0.15) is 10.4 Å². The first-order valence-corrected chi connectivity index (χ1v) is 6.87. The van der Waals surface area contributed by atoms with Crippen molar-refractivity contribution >= 4 is 11.3 Å². The molecule has 1 aromatic carbocycles. The molecule has 19 heavy (non-hydrogen) atoms. The second-order valence-electron chi connectivity index (χ2n) is 4.23. The van der Waals surface area contributed by atoms with Crippen LogP contribution in [0, 0.1) is 11.6 Å². The maximum Gasteiger partial charge on any atom is 0.163 e. The molecule has 0 radical (unpaired) electrons. The van der Waals surface area contributed by atoms with Gasteiger partial charge in [-0.3, -0.25) is 4.90 Å². The van der Waals surface area contributed by atoms with Crippen molar-refractivity contribution < 1.29 is 13.9 Å². The number of aliphatic hydroxyl groups is 1. The maximum atomic E-state index is 13.6. The summed E-state index contributed by atoms with van der Waals surface area (Å²) in [7, 11) is 0. The lowest BCUT2D eigenvalue weighted by molar-refractivity contribution is 0.183. The topological polar surface area (TPSA) is 23.5 Å². The normalized spacial score (nSPS) is 11.2. The van der Waals surface area contributed by atoms with Crippen LogP contribution in [0.4, 0.5) is 8.78 Å². The highest BCUT2D eigenvalue weighted by atomic mass is 32.1. The van der Waals surface area contributed by atoms with Crippen molar-refractivity contribution in [2.75, 3.05) is 13.2 Å². The zero-order valence-electron chi connectivity index (χ0n) is 10.4. The predicted molar refractivity (Wildman–Crippen MR) is 71.9 cm³/mol. The largest absolute Gasteiger partial charge is 0.395 e. The summed E-state index contributed by atoms with van der Waals surface area (Å²) < 4.78 is 26.8. The quantitative estimate of drug-likeness (QED) is 0.881. The molecule has 0 aliphatic carbocycles. The van der Waals surface area contributed by atoms with Crippen LogP contribution < -0.4 is 0 Å². The lowest BCUT2D eigenvalue weighted by atomic mass is 10.2. The van der Waals surface area contributed by atoms with Crippen molar-refractivity contribution in [3.05, 3.63) is 57.8 Å². The number of nitrogens with zero attached hydrogens (tertiary/aromatic N) is 1. The Kier molecular flexibility index (Phi) is 5.01. The van der Waals surface area contributed by atoms with E-state index in [-0.39, 0.29) is 13.2 Å². The third kappa shape index (κ3) is 3.83. The van der Waals surface area contributed by atoms with E-state index in [0.717, 1.165) is 10.9 Å². The van der Waals surface area contributed by atoms with Crippen molar-refractivity contribution in [1.82, 2.24) is 4.90 Å². The molecule has 102 valence electrons. The first kappa shape index (κ1) is 14.1. The van der Waals surface area contributed by atoms with Crippen LogP contribution >= 0.6 is 11.3 Å². The van der Waals surface area contributed by atoms with Crippen molar-refractivity contribution in [2.24, 2.45) is 0 Å². The van der Waals surface area contributed by atoms with E-state index in [9.17, 15) is 8.78 Å². The maximum absolute atomic E-state index is 13.6. The zero-order chi connectivity index (χ0) is 13.7. The standard InChI is InChI=1S/C14H15F2NOS/c15-13-5-1-3-11(14(13)16)9-17(6-7-18)10-12-4-2-8-19-12/h1-5,8,18H,6-7,9-10H2. The van der Waals surface area contributed by atoms with Crippen LogP contribution in [0.15, 0.2) is 35.7 Å². The molecule has 0 atom stereocenters. The number of halogens is 2. The first-order valence-electron chi connectivity index (χ1n) is 5.99. The molecule has 0 spiro atoms. The van der Waals surface area contributed by atoms with Crippen LogP contribution in [0.3, 0.4) is 0 Å². The predicted octanol–water partition coefficient (Wildman–Crippen LogP) is 3.02. The van der Waals surface area contributed by atoms with Gasteiger partial charge in [0.05, 0.1) is 6.61 Å². The van der Waals surface area contributed by atoms with Gasteiger partial charge in [-0.25, -0.2) is 8.78 Å². The van der Waals surface area contributed by atoms with E-state index in [1.165, 1.54) is 6.07 Å². The van der Waals surface area contributed by atoms with Crippen LogP contribution in [0.25, 0.3) is 0 Å². The van der Waals surface area contributed by atoms with E-state index in [4.69, 9.17) is 5.11 Å². The summed E-state index contributed by atoms with van der Waals surface area (Å²) >= 11 is 1.60. The fraction of sp³-hybridized carbons (Fsp3) is 0.286. The van der Waals surface area contributed by atoms with Gasteiger partial charge in [-0.1, -0.05) is 18.2 Å². The average molecular weight is 283 g/mol. The summed E-state index contributed by atoms with van der Waals surface area (Å²) in [5, 5.41) is 11.0. The summed E-state index contributed by atoms with van der Waals surface area (Å²) in [6.45, 7) is 1.31. The smallest absolute Gasteiger partial charge is 0.163 e. The summed E-state index contributed by atoms with van der Waals surface area (Å²) in [6.07, 6.45) is 0. The number of hydrogen-bond acceptors (Lipinski definition) is 3.